The lowest BCUT2D eigenvalue weighted by molar-refractivity contribution is -0.139. The molecule has 0 spiro atoms. The van der Waals surface area contributed by atoms with E-state index in [0.29, 0.717) is 23.9 Å². The summed E-state index contributed by atoms with van der Waals surface area (Å²) in [6.07, 6.45) is 6.66. The Morgan fingerprint density at radius 3 is 2.39 bits per heavy atom. The van der Waals surface area contributed by atoms with Crippen LogP contribution in [0.25, 0.3) is 0 Å². The fourth-order valence-corrected chi connectivity index (χ4v) is 5.20. The third kappa shape index (κ3) is 5.68. The predicted octanol–water partition coefficient (Wildman–Crippen LogP) is 2.82. The van der Waals surface area contributed by atoms with Gasteiger partial charge in [-0.3, -0.25) is 9.80 Å². The number of rotatable bonds is 7. The highest BCUT2D eigenvalue weighted by Crippen LogP contribution is 2.30. The fraction of sp³-hybridized carbons (Fsp3) is 0.600. The van der Waals surface area contributed by atoms with E-state index in [0.717, 1.165) is 37.5 Å². The topological polar surface area (TPSA) is 83.1 Å². The minimum atomic E-state index is -0.567. The molecule has 1 aromatic rings. The van der Waals surface area contributed by atoms with Crippen LogP contribution < -0.4 is 15.4 Å². The van der Waals surface area contributed by atoms with Gasteiger partial charge < -0.3 is 20.1 Å². The van der Waals surface area contributed by atoms with E-state index < -0.39 is 12.0 Å². The number of ether oxygens (including phenoxy) is 2. The molecule has 1 aromatic carbocycles. The molecule has 1 aliphatic carbocycles. The Morgan fingerprint density at radius 1 is 1.06 bits per heavy atom. The summed E-state index contributed by atoms with van der Waals surface area (Å²) in [5.41, 5.74) is 1.91. The van der Waals surface area contributed by atoms with Crippen molar-refractivity contribution < 1.29 is 19.1 Å². The molecule has 2 aliphatic heterocycles. The van der Waals surface area contributed by atoms with Crippen molar-refractivity contribution >= 4 is 12.0 Å². The molecule has 3 aliphatic rings. The van der Waals surface area contributed by atoms with Crippen molar-refractivity contribution in [2.45, 2.75) is 51.1 Å². The van der Waals surface area contributed by atoms with E-state index in [2.05, 4.69) is 20.4 Å². The molecular weight excluding hydrogens is 420 g/mol. The predicted molar refractivity (Wildman–Crippen MR) is 126 cm³/mol. The highest BCUT2D eigenvalue weighted by molar-refractivity contribution is 5.95. The van der Waals surface area contributed by atoms with Crippen LogP contribution in [0, 0.1) is 0 Å². The normalized spacial score (nSPS) is 23.1. The van der Waals surface area contributed by atoms with E-state index in [1.165, 1.54) is 32.1 Å². The van der Waals surface area contributed by atoms with Gasteiger partial charge in [0.1, 0.15) is 5.75 Å². The molecule has 0 aromatic heterocycles. The molecule has 1 atom stereocenters. The van der Waals surface area contributed by atoms with Gasteiger partial charge in [0.2, 0.25) is 0 Å². The molecule has 1 unspecified atom stereocenters. The van der Waals surface area contributed by atoms with Crippen molar-refractivity contribution in [1.29, 1.82) is 0 Å². The second-order valence-corrected chi connectivity index (χ2v) is 9.02. The number of carbonyl (C=O) groups excluding carboxylic acids is 2. The Balaban J connectivity index is 1.52. The van der Waals surface area contributed by atoms with Crippen LogP contribution in [0.1, 0.15) is 50.6 Å². The standard InChI is InChI=1S/C25H36N4O4/c1-3-33-24(30)22-21(17-28-13-15-29(16-14-28)19-7-5-4-6-8-19)26-25(31)27-23(22)18-9-11-20(32-2)12-10-18/h9-12,19,23H,3-8,13-17H2,1-2H3,(H2,26,27,31). The minimum absolute atomic E-state index is 0.277. The molecule has 1 saturated carbocycles. The Hall–Kier alpha value is -2.58. The molecule has 180 valence electrons. The molecule has 8 heteroatoms. The van der Waals surface area contributed by atoms with E-state index in [4.69, 9.17) is 9.47 Å². The van der Waals surface area contributed by atoms with Gasteiger partial charge in [-0.05, 0) is 37.5 Å². The van der Waals surface area contributed by atoms with Gasteiger partial charge in [-0.15, -0.1) is 0 Å². The van der Waals surface area contributed by atoms with Crippen molar-refractivity contribution in [3.8, 4) is 5.75 Å². The number of nitrogens with one attached hydrogen (secondary N) is 2. The van der Waals surface area contributed by atoms with E-state index >= 15 is 0 Å². The Morgan fingerprint density at radius 2 is 1.76 bits per heavy atom. The summed E-state index contributed by atoms with van der Waals surface area (Å²) < 4.78 is 10.6. The number of carbonyl (C=O) groups is 2. The Bertz CT molecular complexity index is 856. The molecule has 4 rings (SSSR count). The number of amides is 2. The first-order valence-corrected chi connectivity index (χ1v) is 12.2. The first-order chi connectivity index (χ1) is 16.1. The molecule has 0 radical (unpaired) electrons. The third-order valence-corrected chi connectivity index (χ3v) is 6.98. The molecule has 2 fully saturated rings. The number of hydrogen-bond acceptors (Lipinski definition) is 6. The quantitative estimate of drug-likeness (QED) is 0.614. The Kier molecular flexibility index (Phi) is 7.88. The molecular formula is C25H36N4O4. The van der Waals surface area contributed by atoms with Gasteiger partial charge in [0, 0.05) is 44.5 Å². The molecule has 1 saturated heterocycles. The monoisotopic (exact) mass is 456 g/mol. The molecule has 2 amide bonds. The number of nitrogens with zero attached hydrogens (tertiary/aromatic N) is 2. The zero-order valence-corrected chi connectivity index (χ0v) is 19.8. The van der Waals surface area contributed by atoms with Crippen LogP contribution in [0.3, 0.4) is 0 Å². The average Bonchev–Trinajstić information content (AvgIpc) is 2.85. The summed E-state index contributed by atoms with van der Waals surface area (Å²) in [5.74, 6) is 0.318. The van der Waals surface area contributed by atoms with Crippen molar-refractivity contribution in [3.05, 3.63) is 41.1 Å². The third-order valence-electron chi connectivity index (χ3n) is 6.98. The second-order valence-electron chi connectivity index (χ2n) is 9.02. The van der Waals surface area contributed by atoms with Crippen LogP contribution >= 0.6 is 0 Å². The highest BCUT2D eigenvalue weighted by Gasteiger charge is 2.35. The largest absolute Gasteiger partial charge is 0.497 e. The van der Waals surface area contributed by atoms with E-state index in [-0.39, 0.29) is 12.6 Å². The van der Waals surface area contributed by atoms with Gasteiger partial charge in [-0.1, -0.05) is 31.4 Å². The first kappa shape index (κ1) is 23.6. The number of methoxy groups -OCH3 is 1. The minimum Gasteiger partial charge on any atom is -0.497 e. The van der Waals surface area contributed by atoms with Crippen LogP contribution in [0.5, 0.6) is 5.75 Å². The first-order valence-electron chi connectivity index (χ1n) is 12.2. The lowest BCUT2D eigenvalue weighted by Crippen LogP contribution is -2.53. The summed E-state index contributed by atoms with van der Waals surface area (Å²) in [4.78, 5) is 30.5. The van der Waals surface area contributed by atoms with Crippen LogP contribution in [-0.2, 0) is 9.53 Å². The SMILES string of the molecule is CCOC(=O)C1=C(CN2CCN(C3CCCCC3)CC2)NC(=O)NC1c1ccc(OC)cc1. The average molecular weight is 457 g/mol. The van der Waals surface area contributed by atoms with E-state index in [9.17, 15) is 9.59 Å². The number of benzene rings is 1. The van der Waals surface area contributed by atoms with Crippen molar-refractivity contribution in [2.24, 2.45) is 0 Å². The molecule has 0 bridgehead atoms. The van der Waals surface area contributed by atoms with Gasteiger partial charge in [0.05, 0.1) is 25.3 Å². The molecule has 33 heavy (non-hydrogen) atoms. The van der Waals surface area contributed by atoms with Crippen LogP contribution in [0.4, 0.5) is 4.79 Å². The van der Waals surface area contributed by atoms with Crippen LogP contribution in [-0.4, -0.2) is 74.3 Å². The summed E-state index contributed by atoms with van der Waals surface area (Å²) in [5, 5.41) is 5.80. The second kappa shape index (κ2) is 11.0. The van der Waals surface area contributed by atoms with Gasteiger partial charge in [-0.2, -0.15) is 0 Å². The van der Waals surface area contributed by atoms with Crippen LogP contribution in [0.15, 0.2) is 35.5 Å². The Labute approximate surface area is 196 Å². The van der Waals surface area contributed by atoms with Gasteiger partial charge in [-0.25, -0.2) is 9.59 Å². The lowest BCUT2D eigenvalue weighted by atomic mass is 9.93. The van der Waals surface area contributed by atoms with Crippen LogP contribution in [0.2, 0.25) is 0 Å². The summed E-state index contributed by atoms with van der Waals surface area (Å²) in [6, 6.07) is 7.24. The van der Waals surface area contributed by atoms with E-state index in [1.54, 1.807) is 14.0 Å². The maximum Gasteiger partial charge on any atom is 0.338 e. The maximum atomic E-state index is 13.0. The maximum absolute atomic E-state index is 13.0. The number of hydrogen-bond donors (Lipinski definition) is 2. The molecule has 2 N–H and O–H groups in total. The molecule has 8 nitrogen and oxygen atoms in total. The van der Waals surface area contributed by atoms with Gasteiger partial charge in [0.15, 0.2) is 0 Å². The number of esters is 1. The summed E-state index contributed by atoms with van der Waals surface area (Å²) in [7, 11) is 1.61. The van der Waals surface area contributed by atoms with Crippen molar-refractivity contribution in [3.63, 3.8) is 0 Å². The van der Waals surface area contributed by atoms with Crippen molar-refractivity contribution in [2.75, 3.05) is 46.4 Å². The fourth-order valence-electron chi connectivity index (χ4n) is 5.20. The van der Waals surface area contributed by atoms with Crippen molar-refractivity contribution in [1.82, 2.24) is 20.4 Å². The summed E-state index contributed by atoms with van der Waals surface area (Å²) in [6.45, 7) is 6.49. The van der Waals surface area contributed by atoms with Gasteiger partial charge in [0.25, 0.3) is 0 Å². The highest BCUT2D eigenvalue weighted by atomic mass is 16.5. The lowest BCUT2D eigenvalue weighted by Gasteiger charge is -2.41. The smallest absolute Gasteiger partial charge is 0.338 e. The number of piperazine rings is 1. The van der Waals surface area contributed by atoms with E-state index in [1.807, 2.05) is 24.3 Å². The summed E-state index contributed by atoms with van der Waals surface area (Å²) >= 11 is 0. The zero-order valence-electron chi connectivity index (χ0n) is 19.8. The molecule has 2 heterocycles. The van der Waals surface area contributed by atoms with Gasteiger partial charge >= 0.3 is 12.0 Å². The number of urea groups is 1. The zero-order chi connectivity index (χ0) is 23.2.